The molecule has 1 atom stereocenters. The van der Waals surface area contributed by atoms with E-state index in [-0.39, 0.29) is 11.8 Å². The molecule has 0 unspecified atom stereocenters. The number of carbonyl (C=O) groups excluding carboxylic acids is 1. The van der Waals surface area contributed by atoms with Crippen LogP contribution in [-0.4, -0.2) is 65.0 Å². The van der Waals surface area contributed by atoms with Gasteiger partial charge in [-0.2, -0.15) is 9.97 Å². The number of piperidine rings is 1. The van der Waals surface area contributed by atoms with Gasteiger partial charge < -0.3 is 19.3 Å². The second-order valence-corrected chi connectivity index (χ2v) is 11.5. The summed E-state index contributed by atoms with van der Waals surface area (Å²) in [5.74, 6) is 1.50. The molecule has 7 nitrogen and oxygen atoms in total. The lowest BCUT2D eigenvalue weighted by Crippen LogP contribution is -2.37. The predicted molar refractivity (Wildman–Crippen MR) is 158 cm³/mol. The van der Waals surface area contributed by atoms with Crippen LogP contribution in [0.2, 0.25) is 5.02 Å². The molecule has 2 saturated heterocycles. The Bertz CT molecular complexity index is 1490. The third-order valence-corrected chi connectivity index (χ3v) is 8.87. The van der Waals surface area contributed by atoms with Crippen LogP contribution in [0.4, 0.5) is 0 Å². The number of nitrogens with zero attached hydrogens (tertiary/aromatic N) is 4. The molecule has 0 radical (unpaired) electrons. The summed E-state index contributed by atoms with van der Waals surface area (Å²) in [5.41, 5.74) is 4.04. The van der Waals surface area contributed by atoms with Crippen molar-refractivity contribution in [3.05, 3.63) is 76.5 Å². The topological polar surface area (TPSA) is 67.8 Å². The maximum atomic E-state index is 12.2. The Balaban J connectivity index is 1.36. The summed E-state index contributed by atoms with van der Waals surface area (Å²) in [6.07, 6.45) is 5.99. The van der Waals surface area contributed by atoms with Crippen LogP contribution < -0.4 is 9.47 Å². The predicted octanol–water partition coefficient (Wildman–Crippen LogP) is 6.01. The van der Waals surface area contributed by atoms with Crippen LogP contribution in [0.25, 0.3) is 16.5 Å². The van der Waals surface area contributed by atoms with Gasteiger partial charge in [0, 0.05) is 53.0 Å². The molecule has 0 bridgehead atoms. The monoisotopic (exact) mass is 558 g/mol. The molecule has 2 aromatic carbocycles. The Morgan fingerprint density at radius 1 is 1.15 bits per heavy atom. The van der Waals surface area contributed by atoms with Gasteiger partial charge in [-0.25, -0.2) is 0 Å². The maximum Gasteiger partial charge on any atom is 0.320 e. The molecule has 0 aliphatic carbocycles. The first-order valence-electron chi connectivity index (χ1n) is 14.1. The molecule has 208 valence electrons. The van der Waals surface area contributed by atoms with Crippen LogP contribution in [0.15, 0.2) is 54.6 Å². The van der Waals surface area contributed by atoms with Crippen LogP contribution in [0.1, 0.15) is 55.3 Å². The van der Waals surface area contributed by atoms with E-state index in [0.29, 0.717) is 49.1 Å². The average molecular weight is 559 g/mol. The second kappa shape index (κ2) is 11.2. The van der Waals surface area contributed by atoms with Crippen molar-refractivity contribution in [3.63, 3.8) is 0 Å². The third-order valence-electron chi connectivity index (χ3n) is 8.55. The normalized spacial score (nSPS) is 20.0. The number of benzene rings is 2. The minimum absolute atomic E-state index is 0.0200. The number of carbonyl (C=O) groups is 1. The zero-order valence-electron chi connectivity index (χ0n) is 23.2. The van der Waals surface area contributed by atoms with E-state index < -0.39 is 0 Å². The molecule has 1 amide bonds. The molecule has 40 heavy (non-hydrogen) atoms. The Kier molecular flexibility index (Phi) is 7.51. The maximum absolute atomic E-state index is 12.2. The summed E-state index contributed by atoms with van der Waals surface area (Å²) in [4.78, 5) is 26.2. The lowest BCUT2D eigenvalue weighted by atomic mass is 9.87. The number of allylic oxidation sites excluding steroid dienone is 1. The average Bonchev–Trinajstić information content (AvgIpc) is 3.39. The summed E-state index contributed by atoms with van der Waals surface area (Å²) in [6, 6.07) is 12.8. The van der Waals surface area contributed by atoms with Crippen molar-refractivity contribution in [2.75, 3.05) is 33.3 Å². The third kappa shape index (κ3) is 5.08. The van der Waals surface area contributed by atoms with Crippen LogP contribution >= 0.6 is 11.6 Å². The molecule has 0 N–H and O–H groups in total. The molecular formula is C32H35ClN4O3. The largest absolute Gasteiger partial charge is 0.462 e. The lowest BCUT2D eigenvalue weighted by Gasteiger charge is -2.33. The zero-order chi connectivity index (χ0) is 27.8. The van der Waals surface area contributed by atoms with E-state index in [0.717, 1.165) is 64.7 Å². The number of ether oxygens (including phenoxy) is 2. The van der Waals surface area contributed by atoms with Gasteiger partial charge in [0.15, 0.2) is 0 Å². The van der Waals surface area contributed by atoms with E-state index in [1.54, 1.807) is 0 Å². The standard InChI is InChI=1S/C32H35ClN4O3/c1-4-27(38)37-16-13-22(14-17-37)29-25-18-20(2)30(24-11-5-8-21-9-6-12-26(33)28(21)24)40-31(25)35-32(34-29)39-19-23-10-7-15-36(23)3/h4-6,8-9,11-12,22-23H,1,7,10,13-19H2,2-3H3/t23-/m0/s1. The molecule has 0 spiro atoms. The first-order chi connectivity index (χ1) is 19.4. The van der Waals surface area contributed by atoms with E-state index in [4.69, 9.17) is 31.0 Å². The zero-order valence-corrected chi connectivity index (χ0v) is 23.9. The van der Waals surface area contributed by atoms with Gasteiger partial charge in [0.05, 0.1) is 5.69 Å². The van der Waals surface area contributed by atoms with Crippen molar-refractivity contribution < 1.29 is 14.3 Å². The first kappa shape index (κ1) is 26.8. The van der Waals surface area contributed by atoms with Crippen molar-refractivity contribution in [1.82, 2.24) is 19.8 Å². The molecule has 1 aromatic heterocycles. The van der Waals surface area contributed by atoms with Gasteiger partial charge in [0.25, 0.3) is 0 Å². The van der Waals surface area contributed by atoms with Crippen molar-refractivity contribution in [2.45, 2.75) is 51.0 Å². The molecule has 2 fully saturated rings. The van der Waals surface area contributed by atoms with E-state index >= 15 is 0 Å². The van der Waals surface area contributed by atoms with Gasteiger partial charge in [0.1, 0.15) is 12.4 Å². The minimum Gasteiger partial charge on any atom is -0.462 e. The summed E-state index contributed by atoms with van der Waals surface area (Å²) in [6.45, 7) is 8.71. The lowest BCUT2D eigenvalue weighted by molar-refractivity contribution is -0.127. The number of likely N-dealkylation sites (tertiary alicyclic amines) is 2. The summed E-state index contributed by atoms with van der Waals surface area (Å²) in [7, 11) is 2.14. The molecule has 6 rings (SSSR count). The molecule has 8 heteroatoms. The van der Waals surface area contributed by atoms with Crippen LogP contribution in [-0.2, 0) is 11.2 Å². The minimum atomic E-state index is -0.0200. The number of likely N-dealkylation sites (N-methyl/N-ethyl adjacent to an activating group) is 1. The molecule has 3 aliphatic heterocycles. The van der Waals surface area contributed by atoms with E-state index in [2.05, 4.69) is 43.6 Å². The van der Waals surface area contributed by atoms with E-state index in [1.807, 2.05) is 23.1 Å². The fraction of sp³-hybridized carbons (Fsp3) is 0.406. The van der Waals surface area contributed by atoms with Gasteiger partial charge in [-0.05, 0) is 69.3 Å². The van der Waals surface area contributed by atoms with Crippen molar-refractivity contribution >= 4 is 34.0 Å². The van der Waals surface area contributed by atoms with Gasteiger partial charge >= 0.3 is 6.01 Å². The summed E-state index contributed by atoms with van der Waals surface area (Å²) in [5, 5.41) is 2.73. The number of hydrogen-bond acceptors (Lipinski definition) is 6. The first-order valence-corrected chi connectivity index (χ1v) is 14.5. The van der Waals surface area contributed by atoms with Gasteiger partial charge in [0.2, 0.25) is 11.8 Å². The van der Waals surface area contributed by atoms with E-state index in [9.17, 15) is 4.79 Å². The SMILES string of the molecule is C=CC(=O)N1CCC(c2nc(OC[C@@H]3CCCN3C)nc3c2CC(C)=C(c2cccc4cccc(Cl)c24)O3)CC1. The molecule has 0 saturated carbocycles. The Hall–Kier alpha value is -3.42. The fourth-order valence-electron chi connectivity index (χ4n) is 6.27. The highest BCUT2D eigenvalue weighted by molar-refractivity contribution is 6.36. The van der Waals surface area contributed by atoms with Crippen LogP contribution in [0.3, 0.4) is 0 Å². The number of rotatable bonds is 6. The molecule has 4 heterocycles. The second-order valence-electron chi connectivity index (χ2n) is 11.1. The summed E-state index contributed by atoms with van der Waals surface area (Å²) < 4.78 is 12.9. The van der Waals surface area contributed by atoms with Crippen molar-refractivity contribution in [1.29, 1.82) is 0 Å². The van der Waals surface area contributed by atoms with Crippen molar-refractivity contribution in [3.8, 4) is 11.9 Å². The smallest absolute Gasteiger partial charge is 0.320 e. The Morgan fingerprint density at radius 2 is 1.93 bits per heavy atom. The highest BCUT2D eigenvalue weighted by atomic mass is 35.5. The van der Waals surface area contributed by atoms with Gasteiger partial charge in [-0.1, -0.05) is 48.5 Å². The van der Waals surface area contributed by atoms with Gasteiger partial charge in [-0.3, -0.25) is 4.79 Å². The number of amides is 1. The number of aromatic nitrogens is 2. The number of hydrogen-bond donors (Lipinski definition) is 0. The Morgan fingerprint density at radius 3 is 2.65 bits per heavy atom. The fourth-order valence-corrected chi connectivity index (χ4v) is 6.56. The highest BCUT2D eigenvalue weighted by Gasteiger charge is 2.32. The molecule has 3 aromatic rings. The molecular weight excluding hydrogens is 524 g/mol. The van der Waals surface area contributed by atoms with E-state index in [1.165, 1.54) is 12.5 Å². The van der Waals surface area contributed by atoms with Crippen molar-refractivity contribution in [2.24, 2.45) is 0 Å². The number of halogens is 1. The number of fused-ring (bicyclic) bond motifs is 2. The quantitative estimate of drug-likeness (QED) is 0.345. The molecule has 3 aliphatic rings. The highest BCUT2D eigenvalue weighted by Crippen LogP contribution is 2.42. The van der Waals surface area contributed by atoms with Crippen LogP contribution in [0, 0.1) is 0 Å². The Labute approximate surface area is 240 Å². The van der Waals surface area contributed by atoms with Gasteiger partial charge in [-0.15, -0.1) is 0 Å². The van der Waals surface area contributed by atoms with Crippen LogP contribution in [0.5, 0.6) is 11.9 Å². The summed E-state index contributed by atoms with van der Waals surface area (Å²) >= 11 is 6.68.